The maximum absolute atomic E-state index is 12.6. The van der Waals surface area contributed by atoms with Crippen LogP contribution < -0.4 is 10.2 Å². The number of carbonyl (C=O) groups is 3. The molecule has 1 fully saturated rings. The normalized spacial score (nSPS) is 17.3. The van der Waals surface area contributed by atoms with Crippen LogP contribution >= 0.6 is 11.6 Å². The van der Waals surface area contributed by atoms with E-state index in [9.17, 15) is 14.4 Å². The fourth-order valence-corrected chi connectivity index (χ4v) is 2.73. The van der Waals surface area contributed by atoms with E-state index in [-0.39, 0.29) is 13.1 Å². The van der Waals surface area contributed by atoms with Crippen LogP contribution in [0.4, 0.5) is 10.5 Å². The summed E-state index contributed by atoms with van der Waals surface area (Å²) < 4.78 is 5.12. The zero-order chi connectivity index (χ0) is 18.0. The Morgan fingerprint density at radius 2 is 1.96 bits per heavy atom. The van der Waals surface area contributed by atoms with Crippen molar-refractivity contribution in [2.75, 3.05) is 11.4 Å². The molecule has 1 saturated heterocycles. The molecule has 0 radical (unpaired) electrons. The highest BCUT2D eigenvalue weighted by atomic mass is 35.5. The Bertz CT molecular complexity index is 789. The van der Waals surface area contributed by atoms with Gasteiger partial charge in [0.25, 0.3) is 5.91 Å². The van der Waals surface area contributed by atoms with Gasteiger partial charge >= 0.3 is 6.03 Å². The second-order valence-corrected chi connectivity index (χ2v) is 6.02. The summed E-state index contributed by atoms with van der Waals surface area (Å²) in [6.07, 6.45) is 1.50. The van der Waals surface area contributed by atoms with Crippen LogP contribution in [0.3, 0.4) is 0 Å². The number of nitrogens with zero attached hydrogens (tertiary/aromatic N) is 2. The molecule has 7 nitrogen and oxygen atoms in total. The van der Waals surface area contributed by atoms with Crippen LogP contribution in [0, 0.1) is 0 Å². The Morgan fingerprint density at radius 1 is 1.24 bits per heavy atom. The van der Waals surface area contributed by atoms with Gasteiger partial charge in [0.05, 0.1) is 12.8 Å². The van der Waals surface area contributed by atoms with E-state index in [1.54, 1.807) is 43.3 Å². The third-order valence-electron chi connectivity index (χ3n) is 3.89. The van der Waals surface area contributed by atoms with Crippen LogP contribution in [0.2, 0.25) is 5.02 Å². The van der Waals surface area contributed by atoms with Gasteiger partial charge in [0.15, 0.2) is 0 Å². The number of hydrogen-bond donors (Lipinski definition) is 1. The van der Waals surface area contributed by atoms with Gasteiger partial charge < -0.3 is 9.73 Å². The van der Waals surface area contributed by atoms with Crippen molar-refractivity contribution >= 4 is 35.1 Å². The minimum absolute atomic E-state index is 0.193. The molecule has 2 heterocycles. The minimum Gasteiger partial charge on any atom is -0.467 e. The fourth-order valence-electron chi connectivity index (χ4n) is 2.61. The molecule has 1 aromatic carbocycles. The Morgan fingerprint density at radius 3 is 2.60 bits per heavy atom. The number of amides is 4. The van der Waals surface area contributed by atoms with Crippen molar-refractivity contribution in [2.24, 2.45) is 0 Å². The predicted octanol–water partition coefficient (Wildman–Crippen LogP) is 2.41. The molecule has 1 N–H and O–H groups in total. The summed E-state index contributed by atoms with van der Waals surface area (Å²) in [5, 5.41) is 3.15. The lowest BCUT2D eigenvalue weighted by molar-refractivity contribution is -0.131. The average Bonchev–Trinajstić information content (AvgIpc) is 3.18. The summed E-state index contributed by atoms with van der Waals surface area (Å²) in [5.74, 6) is -0.278. The zero-order valence-electron chi connectivity index (χ0n) is 13.4. The van der Waals surface area contributed by atoms with Gasteiger partial charge in [-0.05, 0) is 43.3 Å². The molecule has 0 spiro atoms. The first-order valence-electron chi connectivity index (χ1n) is 7.66. The van der Waals surface area contributed by atoms with E-state index in [1.165, 1.54) is 11.2 Å². The predicted molar refractivity (Wildman–Crippen MR) is 91.1 cm³/mol. The average molecular weight is 362 g/mol. The summed E-state index contributed by atoms with van der Waals surface area (Å²) in [7, 11) is 0. The molecule has 8 heteroatoms. The van der Waals surface area contributed by atoms with Gasteiger partial charge in [0.1, 0.15) is 18.3 Å². The highest BCUT2D eigenvalue weighted by Crippen LogP contribution is 2.26. The highest BCUT2D eigenvalue weighted by molar-refractivity contribution is 6.30. The molecule has 0 saturated carbocycles. The number of anilines is 1. The molecule has 1 aliphatic rings. The molecular weight excluding hydrogens is 346 g/mol. The van der Waals surface area contributed by atoms with Crippen molar-refractivity contribution in [3.05, 3.63) is 53.4 Å². The summed E-state index contributed by atoms with van der Waals surface area (Å²) in [6.45, 7) is 1.47. The maximum atomic E-state index is 12.6. The standard InChI is InChI=1S/C17H16ClN3O4/c1-11-16(23)20(10-15(22)19-9-14-3-2-8-25-14)17(24)21(11)13-6-4-12(18)5-7-13/h2-8,11H,9-10H2,1H3,(H,19,22)/t11-/m0/s1. The van der Waals surface area contributed by atoms with E-state index in [0.29, 0.717) is 16.5 Å². The summed E-state index contributed by atoms with van der Waals surface area (Å²) >= 11 is 5.85. The molecule has 3 rings (SSSR count). The number of carbonyl (C=O) groups excluding carboxylic acids is 3. The van der Waals surface area contributed by atoms with Gasteiger partial charge in [-0.1, -0.05) is 11.6 Å². The second-order valence-electron chi connectivity index (χ2n) is 5.59. The Labute approximate surface area is 149 Å². The monoisotopic (exact) mass is 361 g/mol. The Kier molecular flexibility index (Phi) is 4.76. The molecule has 2 aromatic rings. The second kappa shape index (κ2) is 6.98. The Balaban J connectivity index is 1.67. The van der Waals surface area contributed by atoms with Crippen molar-refractivity contribution in [3.63, 3.8) is 0 Å². The van der Waals surface area contributed by atoms with Crippen LogP contribution in [0.25, 0.3) is 0 Å². The highest BCUT2D eigenvalue weighted by Gasteiger charge is 2.43. The molecule has 1 aliphatic heterocycles. The van der Waals surface area contributed by atoms with Gasteiger partial charge in [-0.15, -0.1) is 0 Å². The third kappa shape index (κ3) is 3.51. The van der Waals surface area contributed by atoms with Crippen LogP contribution in [0.1, 0.15) is 12.7 Å². The number of rotatable bonds is 5. The van der Waals surface area contributed by atoms with Gasteiger partial charge in [0, 0.05) is 10.7 Å². The quantitative estimate of drug-likeness (QED) is 0.829. The summed E-state index contributed by atoms with van der Waals surface area (Å²) in [5.41, 5.74) is 0.550. The van der Waals surface area contributed by atoms with Gasteiger partial charge in [-0.3, -0.25) is 19.4 Å². The molecule has 0 aliphatic carbocycles. The SMILES string of the molecule is C[C@H]1C(=O)N(CC(=O)NCc2ccco2)C(=O)N1c1ccc(Cl)cc1. The number of nitrogens with one attached hydrogen (secondary N) is 1. The maximum Gasteiger partial charge on any atom is 0.332 e. The summed E-state index contributed by atoms with van der Waals surface area (Å²) in [4.78, 5) is 39.3. The van der Waals surface area contributed by atoms with Crippen LogP contribution in [-0.4, -0.2) is 35.3 Å². The topological polar surface area (TPSA) is 82.9 Å². The smallest absolute Gasteiger partial charge is 0.332 e. The molecule has 0 bridgehead atoms. The van der Waals surface area contributed by atoms with E-state index < -0.39 is 23.9 Å². The number of benzene rings is 1. The lowest BCUT2D eigenvalue weighted by atomic mass is 10.2. The van der Waals surface area contributed by atoms with Crippen molar-refractivity contribution in [3.8, 4) is 0 Å². The molecular formula is C17H16ClN3O4. The number of furan rings is 1. The number of hydrogen-bond acceptors (Lipinski definition) is 4. The fraction of sp³-hybridized carbons (Fsp3) is 0.235. The summed E-state index contributed by atoms with van der Waals surface area (Å²) in [6, 6.07) is 8.80. The number of imide groups is 1. The zero-order valence-corrected chi connectivity index (χ0v) is 14.2. The van der Waals surface area contributed by atoms with Gasteiger partial charge in [-0.2, -0.15) is 0 Å². The first-order valence-corrected chi connectivity index (χ1v) is 8.04. The number of halogens is 1. The first kappa shape index (κ1) is 17.0. The molecule has 130 valence electrons. The van der Waals surface area contributed by atoms with E-state index in [4.69, 9.17) is 16.0 Å². The molecule has 4 amide bonds. The molecule has 0 unspecified atom stereocenters. The lowest BCUT2D eigenvalue weighted by Gasteiger charge is -2.19. The van der Waals surface area contributed by atoms with Crippen molar-refractivity contribution in [2.45, 2.75) is 19.5 Å². The van der Waals surface area contributed by atoms with E-state index in [2.05, 4.69) is 5.32 Å². The minimum atomic E-state index is -0.688. The van der Waals surface area contributed by atoms with Crippen molar-refractivity contribution in [1.29, 1.82) is 0 Å². The van der Waals surface area contributed by atoms with Gasteiger partial charge in [0.2, 0.25) is 5.91 Å². The first-order chi connectivity index (χ1) is 12.0. The van der Waals surface area contributed by atoms with Crippen molar-refractivity contribution in [1.82, 2.24) is 10.2 Å². The van der Waals surface area contributed by atoms with Crippen LogP contribution in [0.5, 0.6) is 0 Å². The molecule has 1 aromatic heterocycles. The van der Waals surface area contributed by atoms with E-state index in [1.807, 2.05) is 0 Å². The van der Waals surface area contributed by atoms with Crippen molar-refractivity contribution < 1.29 is 18.8 Å². The molecule has 25 heavy (non-hydrogen) atoms. The number of urea groups is 1. The third-order valence-corrected chi connectivity index (χ3v) is 4.15. The van der Waals surface area contributed by atoms with Gasteiger partial charge in [-0.25, -0.2) is 4.79 Å². The van der Waals surface area contributed by atoms with E-state index >= 15 is 0 Å². The van der Waals surface area contributed by atoms with Crippen LogP contribution in [0.15, 0.2) is 47.1 Å². The van der Waals surface area contributed by atoms with E-state index in [0.717, 1.165) is 4.90 Å². The molecule has 1 atom stereocenters. The largest absolute Gasteiger partial charge is 0.467 e. The lowest BCUT2D eigenvalue weighted by Crippen LogP contribution is -2.41. The Hall–Kier alpha value is -2.80. The van der Waals surface area contributed by atoms with Crippen LogP contribution in [-0.2, 0) is 16.1 Å².